The average molecular weight is 249 g/mol. The van der Waals surface area contributed by atoms with Crippen molar-refractivity contribution in [3.8, 4) is 10.6 Å². The van der Waals surface area contributed by atoms with E-state index in [4.69, 9.17) is 23.2 Å². The van der Waals surface area contributed by atoms with Crippen LogP contribution in [-0.2, 0) is 0 Å². The van der Waals surface area contributed by atoms with E-state index in [0.29, 0.717) is 15.6 Å². The lowest BCUT2D eigenvalue weighted by molar-refractivity contribution is 0.631. The Labute approximate surface area is 93.5 Å². The molecule has 2 rings (SSSR count). The minimum absolute atomic E-state index is 0.115. The normalized spacial score (nSPS) is 10.5. The highest BCUT2D eigenvalue weighted by Gasteiger charge is 2.10. The van der Waals surface area contributed by atoms with Gasteiger partial charge in [-0.1, -0.05) is 11.6 Å². The van der Waals surface area contributed by atoms with Crippen LogP contribution in [0.2, 0.25) is 10.3 Å². The van der Waals surface area contributed by atoms with Crippen LogP contribution in [0.5, 0.6) is 0 Å². The number of hydrogen-bond acceptors (Lipinski definition) is 3. The highest BCUT2D eigenvalue weighted by atomic mass is 35.5. The Bertz CT molecular complexity index is 472. The van der Waals surface area contributed by atoms with Crippen molar-refractivity contribution in [3.63, 3.8) is 0 Å². The predicted molar refractivity (Wildman–Crippen MR) is 55.3 cm³/mol. The van der Waals surface area contributed by atoms with Crippen molar-refractivity contribution in [2.75, 3.05) is 0 Å². The van der Waals surface area contributed by atoms with E-state index in [0.717, 1.165) is 11.5 Å². The van der Waals surface area contributed by atoms with Crippen molar-refractivity contribution >= 4 is 34.7 Å². The Balaban J connectivity index is 2.55. The largest absolute Gasteiger partial charge is 0.234 e. The second-order valence-corrected chi connectivity index (χ2v) is 4.02. The zero-order valence-corrected chi connectivity index (χ0v) is 9.00. The molecule has 72 valence electrons. The van der Waals surface area contributed by atoms with Crippen LogP contribution >= 0.6 is 34.7 Å². The average Bonchev–Trinajstić information content (AvgIpc) is 2.56. The summed E-state index contributed by atoms with van der Waals surface area (Å²) in [4.78, 5) is 3.86. The van der Waals surface area contributed by atoms with Gasteiger partial charge in [0.1, 0.15) is 10.8 Å². The van der Waals surface area contributed by atoms with E-state index in [1.54, 1.807) is 0 Å². The lowest BCUT2D eigenvalue weighted by Gasteiger charge is -1.97. The first-order valence-electron chi connectivity index (χ1n) is 3.61. The topological polar surface area (TPSA) is 25.8 Å². The maximum Gasteiger partial charge on any atom is 0.234 e. The van der Waals surface area contributed by atoms with Crippen LogP contribution in [0, 0.1) is 5.82 Å². The van der Waals surface area contributed by atoms with Gasteiger partial charge < -0.3 is 0 Å². The van der Waals surface area contributed by atoms with Crippen molar-refractivity contribution in [2.45, 2.75) is 0 Å². The molecule has 0 N–H and O–H groups in total. The molecule has 2 nitrogen and oxygen atoms in total. The van der Waals surface area contributed by atoms with E-state index in [1.165, 1.54) is 18.2 Å². The summed E-state index contributed by atoms with van der Waals surface area (Å²) < 4.78 is 17.1. The smallest absolute Gasteiger partial charge is 0.206 e. The van der Waals surface area contributed by atoms with Crippen LogP contribution in [0.25, 0.3) is 10.6 Å². The monoisotopic (exact) mass is 248 g/mol. The number of nitrogens with zero attached hydrogens (tertiary/aromatic N) is 2. The van der Waals surface area contributed by atoms with Gasteiger partial charge >= 0.3 is 0 Å². The fraction of sp³-hybridized carbons (Fsp3) is 0. The van der Waals surface area contributed by atoms with Crippen molar-refractivity contribution < 1.29 is 4.39 Å². The SMILES string of the molecule is Fc1ccc(Cl)cc1-c1nc(Cl)ns1. The molecule has 2 aromatic rings. The third-order valence-corrected chi connectivity index (χ3v) is 2.81. The van der Waals surface area contributed by atoms with Gasteiger partial charge in [-0.25, -0.2) is 9.37 Å². The minimum atomic E-state index is -0.387. The van der Waals surface area contributed by atoms with Gasteiger partial charge in [-0.15, -0.1) is 0 Å². The number of halogens is 3. The highest BCUT2D eigenvalue weighted by Crippen LogP contribution is 2.28. The van der Waals surface area contributed by atoms with E-state index < -0.39 is 0 Å². The molecule has 0 unspecified atom stereocenters. The molecular formula is C8H3Cl2FN2S. The first-order chi connectivity index (χ1) is 6.66. The fourth-order valence-electron chi connectivity index (χ4n) is 0.976. The Morgan fingerprint density at radius 1 is 1.29 bits per heavy atom. The highest BCUT2D eigenvalue weighted by molar-refractivity contribution is 7.09. The van der Waals surface area contributed by atoms with Gasteiger partial charge in [0.2, 0.25) is 5.28 Å². The summed E-state index contributed by atoms with van der Waals surface area (Å²) in [6.07, 6.45) is 0. The van der Waals surface area contributed by atoms with Crippen LogP contribution in [0.1, 0.15) is 0 Å². The zero-order chi connectivity index (χ0) is 10.1. The van der Waals surface area contributed by atoms with Crippen LogP contribution in [-0.4, -0.2) is 9.36 Å². The van der Waals surface area contributed by atoms with Crippen molar-refractivity contribution in [1.82, 2.24) is 9.36 Å². The minimum Gasteiger partial charge on any atom is -0.206 e. The summed E-state index contributed by atoms with van der Waals surface area (Å²) >= 11 is 12.3. The van der Waals surface area contributed by atoms with Gasteiger partial charge in [0.05, 0.1) is 0 Å². The van der Waals surface area contributed by atoms with Gasteiger partial charge in [0, 0.05) is 10.6 Å². The number of hydrogen-bond donors (Lipinski definition) is 0. The molecule has 0 atom stereocenters. The van der Waals surface area contributed by atoms with Crippen LogP contribution in [0.3, 0.4) is 0 Å². The summed E-state index contributed by atoms with van der Waals surface area (Å²) in [7, 11) is 0. The van der Waals surface area contributed by atoms with E-state index in [1.807, 2.05) is 0 Å². The molecule has 0 aliphatic rings. The summed E-state index contributed by atoms with van der Waals surface area (Å²) in [5.74, 6) is -0.387. The van der Waals surface area contributed by atoms with Crippen LogP contribution in [0.15, 0.2) is 18.2 Å². The molecule has 0 fully saturated rings. The molecule has 1 heterocycles. The Morgan fingerprint density at radius 3 is 2.71 bits per heavy atom. The zero-order valence-electron chi connectivity index (χ0n) is 6.67. The summed E-state index contributed by atoms with van der Waals surface area (Å²) in [5, 5.41) is 0.993. The van der Waals surface area contributed by atoms with Crippen LogP contribution in [0.4, 0.5) is 4.39 Å². The van der Waals surface area contributed by atoms with E-state index in [2.05, 4.69) is 9.36 Å². The molecule has 0 aliphatic heterocycles. The summed E-state index contributed by atoms with van der Waals surface area (Å²) in [6, 6.07) is 4.25. The Kier molecular flexibility index (Phi) is 2.67. The van der Waals surface area contributed by atoms with Gasteiger partial charge in [0.15, 0.2) is 0 Å². The van der Waals surface area contributed by atoms with Gasteiger partial charge in [-0.05, 0) is 41.3 Å². The molecule has 14 heavy (non-hydrogen) atoms. The third-order valence-electron chi connectivity index (χ3n) is 1.56. The Hall–Kier alpha value is -0.710. The quantitative estimate of drug-likeness (QED) is 0.770. The lowest BCUT2D eigenvalue weighted by Crippen LogP contribution is -1.82. The fourth-order valence-corrected chi connectivity index (χ4v) is 1.97. The van der Waals surface area contributed by atoms with Gasteiger partial charge in [-0.2, -0.15) is 4.37 Å². The second kappa shape index (κ2) is 3.81. The first kappa shape index (κ1) is 9.83. The molecule has 0 saturated carbocycles. The van der Waals surface area contributed by atoms with Crippen molar-refractivity contribution in [3.05, 3.63) is 34.3 Å². The van der Waals surface area contributed by atoms with Crippen LogP contribution < -0.4 is 0 Å². The van der Waals surface area contributed by atoms with Gasteiger partial charge in [-0.3, -0.25) is 0 Å². The number of rotatable bonds is 1. The molecule has 0 amide bonds. The first-order valence-corrected chi connectivity index (χ1v) is 5.14. The third kappa shape index (κ3) is 1.87. The van der Waals surface area contributed by atoms with E-state index in [9.17, 15) is 4.39 Å². The van der Waals surface area contributed by atoms with E-state index >= 15 is 0 Å². The number of aromatic nitrogens is 2. The molecule has 6 heteroatoms. The number of benzene rings is 1. The predicted octanol–water partition coefficient (Wildman–Crippen LogP) is 3.65. The van der Waals surface area contributed by atoms with Crippen molar-refractivity contribution in [1.29, 1.82) is 0 Å². The molecule has 0 bridgehead atoms. The summed E-state index contributed by atoms with van der Waals surface area (Å²) in [6.45, 7) is 0. The molecule has 1 aromatic carbocycles. The standard InChI is InChI=1S/C8H3Cl2FN2S/c9-4-1-2-6(11)5(3-4)7-12-8(10)13-14-7/h1-3H. The lowest BCUT2D eigenvalue weighted by atomic mass is 10.2. The van der Waals surface area contributed by atoms with Crippen molar-refractivity contribution in [2.24, 2.45) is 0 Å². The Morgan fingerprint density at radius 2 is 2.07 bits per heavy atom. The molecule has 1 aromatic heterocycles. The summed E-state index contributed by atoms with van der Waals surface area (Å²) in [5.41, 5.74) is 0.321. The van der Waals surface area contributed by atoms with E-state index in [-0.39, 0.29) is 11.1 Å². The molecule has 0 aliphatic carbocycles. The molecule has 0 spiro atoms. The van der Waals surface area contributed by atoms with Gasteiger partial charge in [0.25, 0.3) is 0 Å². The molecule has 0 radical (unpaired) electrons. The second-order valence-electron chi connectivity index (χ2n) is 2.49. The maximum absolute atomic E-state index is 13.3. The molecular weight excluding hydrogens is 246 g/mol. The maximum atomic E-state index is 13.3. The molecule has 0 saturated heterocycles.